The lowest BCUT2D eigenvalue weighted by Crippen LogP contribution is -2.26. The molecule has 0 aliphatic carbocycles. The number of ketones is 1. The third-order valence-electron chi connectivity index (χ3n) is 4.80. The van der Waals surface area contributed by atoms with Crippen LogP contribution in [0.4, 0.5) is 17.2 Å². The number of aromatic nitrogens is 2. The summed E-state index contributed by atoms with van der Waals surface area (Å²) >= 11 is 0. The Hall–Kier alpha value is -3.54. The molecular weight excluding hydrogens is 352 g/mol. The minimum atomic E-state index is -0.338. The number of Topliss-reactive ketones (excluding diaryl/α,β-unsaturated/α-hetero) is 1. The van der Waals surface area contributed by atoms with E-state index in [9.17, 15) is 9.59 Å². The molecule has 2 heterocycles. The molecule has 1 aliphatic rings. The van der Waals surface area contributed by atoms with E-state index in [0.29, 0.717) is 17.1 Å². The van der Waals surface area contributed by atoms with E-state index in [0.717, 1.165) is 25.1 Å². The van der Waals surface area contributed by atoms with Crippen LogP contribution >= 0.6 is 0 Å². The fraction of sp³-hybridized carbons (Fsp3) is 0.182. The number of benzene rings is 2. The predicted molar refractivity (Wildman–Crippen MR) is 108 cm³/mol. The standard InChI is InChI=1S/C22H20N4O2/c1-15(27)17-7-4-9-18(12-17)25-22(28)19-13-21(24-14-23-19)26-11-5-8-16-6-2-3-10-20(16)26/h2-4,6-7,9-10,12-14H,5,8,11H2,1H3,(H,25,28). The van der Waals surface area contributed by atoms with Gasteiger partial charge in [0.1, 0.15) is 17.8 Å². The predicted octanol–water partition coefficient (Wildman–Crippen LogP) is 4.02. The van der Waals surface area contributed by atoms with E-state index in [1.807, 2.05) is 12.1 Å². The molecular formula is C22H20N4O2. The van der Waals surface area contributed by atoms with Crippen LogP contribution in [0.5, 0.6) is 0 Å². The summed E-state index contributed by atoms with van der Waals surface area (Å²) in [4.78, 5) is 34.8. The Morgan fingerprint density at radius 2 is 1.89 bits per heavy atom. The number of hydrogen-bond donors (Lipinski definition) is 1. The average Bonchev–Trinajstić information content (AvgIpc) is 2.73. The Labute approximate surface area is 163 Å². The second kappa shape index (κ2) is 7.60. The Morgan fingerprint density at radius 1 is 1.04 bits per heavy atom. The number of carbonyl (C=O) groups excluding carboxylic acids is 2. The fourth-order valence-electron chi connectivity index (χ4n) is 3.40. The molecule has 0 saturated heterocycles. The second-order valence-electron chi connectivity index (χ2n) is 6.74. The van der Waals surface area contributed by atoms with Gasteiger partial charge in [0.2, 0.25) is 0 Å². The van der Waals surface area contributed by atoms with Gasteiger partial charge in [-0.05, 0) is 43.5 Å². The third kappa shape index (κ3) is 3.62. The van der Waals surface area contributed by atoms with Crippen LogP contribution in [-0.2, 0) is 6.42 Å². The van der Waals surface area contributed by atoms with Crippen molar-refractivity contribution in [2.45, 2.75) is 19.8 Å². The molecule has 1 amide bonds. The summed E-state index contributed by atoms with van der Waals surface area (Å²) in [6.07, 6.45) is 3.48. The van der Waals surface area contributed by atoms with Crippen molar-refractivity contribution < 1.29 is 9.59 Å². The minimum absolute atomic E-state index is 0.0517. The topological polar surface area (TPSA) is 75.2 Å². The molecule has 1 N–H and O–H groups in total. The number of anilines is 3. The highest BCUT2D eigenvalue weighted by molar-refractivity contribution is 6.04. The summed E-state index contributed by atoms with van der Waals surface area (Å²) in [7, 11) is 0. The maximum absolute atomic E-state index is 12.7. The Bertz CT molecular complexity index is 1050. The maximum atomic E-state index is 12.7. The monoisotopic (exact) mass is 372 g/mol. The molecule has 0 saturated carbocycles. The number of amides is 1. The molecule has 0 bridgehead atoms. The molecule has 6 heteroatoms. The summed E-state index contributed by atoms with van der Waals surface area (Å²) < 4.78 is 0. The van der Waals surface area contributed by atoms with Crippen molar-refractivity contribution in [2.75, 3.05) is 16.8 Å². The van der Waals surface area contributed by atoms with Gasteiger partial charge in [-0.3, -0.25) is 9.59 Å². The van der Waals surface area contributed by atoms with Crippen molar-refractivity contribution in [3.63, 3.8) is 0 Å². The van der Waals surface area contributed by atoms with Gasteiger partial charge in [-0.2, -0.15) is 0 Å². The zero-order valence-corrected chi connectivity index (χ0v) is 15.6. The van der Waals surface area contributed by atoms with Gasteiger partial charge in [-0.1, -0.05) is 30.3 Å². The van der Waals surface area contributed by atoms with Gasteiger partial charge >= 0.3 is 0 Å². The van der Waals surface area contributed by atoms with E-state index >= 15 is 0 Å². The number of hydrogen-bond acceptors (Lipinski definition) is 5. The molecule has 1 aromatic heterocycles. The summed E-state index contributed by atoms with van der Waals surface area (Å²) in [6, 6.07) is 16.8. The highest BCUT2D eigenvalue weighted by atomic mass is 16.2. The Balaban J connectivity index is 1.59. The number of fused-ring (bicyclic) bond motifs is 1. The molecule has 0 spiro atoms. The van der Waals surface area contributed by atoms with E-state index in [4.69, 9.17) is 0 Å². The van der Waals surface area contributed by atoms with Gasteiger partial charge in [0.05, 0.1) is 0 Å². The molecule has 28 heavy (non-hydrogen) atoms. The molecule has 0 atom stereocenters. The molecule has 3 aromatic rings. The highest BCUT2D eigenvalue weighted by Gasteiger charge is 2.20. The summed E-state index contributed by atoms with van der Waals surface area (Å²) in [5.41, 5.74) is 3.78. The summed E-state index contributed by atoms with van der Waals surface area (Å²) in [5, 5.41) is 2.80. The molecule has 2 aromatic carbocycles. The first-order valence-electron chi connectivity index (χ1n) is 9.21. The largest absolute Gasteiger partial charge is 0.326 e. The van der Waals surface area contributed by atoms with Crippen LogP contribution in [-0.4, -0.2) is 28.2 Å². The minimum Gasteiger partial charge on any atom is -0.326 e. The van der Waals surface area contributed by atoms with E-state index < -0.39 is 0 Å². The third-order valence-corrected chi connectivity index (χ3v) is 4.80. The fourth-order valence-corrected chi connectivity index (χ4v) is 3.40. The van der Waals surface area contributed by atoms with E-state index in [-0.39, 0.29) is 17.4 Å². The maximum Gasteiger partial charge on any atom is 0.274 e. The van der Waals surface area contributed by atoms with Crippen LogP contribution in [0.25, 0.3) is 0 Å². The zero-order valence-electron chi connectivity index (χ0n) is 15.6. The Kier molecular flexibility index (Phi) is 4.85. The van der Waals surface area contributed by atoms with Crippen molar-refractivity contribution in [1.82, 2.24) is 9.97 Å². The van der Waals surface area contributed by atoms with Crippen LogP contribution in [0, 0.1) is 0 Å². The van der Waals surface area contributed by atoms with Crippen molar-refractivity contribution in [3.05, 3.63) is 77.7 Å². The van der Waals surface area contributed by atoms with E-state index in [2.05, 4.69) is 32.3 Å². The lowest BCUT2D eigenvalue weighted by atomic mass is 10.0. The number of nitrogens with one attached hydrogen (secondary N) is 1. The molecule has 0 radical (unpaired) electrons. The first-order valence-corrected chi connectivity index (χ1v) is 9.21. The normalized spacial score (nSPS) is 13.0. The van der Waals surface area contributed by atoms with Gasteiger partial charge in [0.15, 0.2) is 5.78 Å². The molecule has 0 unspecified atom stereocenters. The second-order valence-corrected chi connectivity index (χ2v) is 6.74. The first-order chi connectivity index (χ1) is 13.6. The lowest BCUT2D eigenvalue weighted by molar-refractivity contribution is 0.100. The SMILES string of the molecule is CC(=O)c1cccc(NC(=O)c2cc(N3CCCc4ccccc43)ncn2)c1. The molecule has 6 nitrogen and oxygen atoms in total. The molecule has 4 rings (SSSR count). The van der Waals surface area contributed by atoms with E-state index in [1.165, 1.54) is 18.8 Å². The average molecular weight is 372 g/mol. The highest BCUT2D eigenvalue weighted by Crippen LogP contribution is 2.32. The molecule has 140 valence electrons. The summed E-state index contributed by atoms with van der Waals surface area (Å²) in [5.74, 6) is 0.309. The lowest BCUT2D eigenvalue weighted by Gasteiger charge is -2.30. The molecule has 1 aliphatic heterocycles. The Morgan fingerprint density at radius 3 is 2.75 bits per heavy atom. The van der Waals surface area contributed by atoms with Crippen LogP contribution in [0.1, 0.15) is 39.8 Å². The van der Waals surface area contributed by atoms with Crippen molar-refractivity contribution in [2.24, 2.45) is 0 Å². The van der Waals surface area contributed by atoms with Crippen LogP contribution < -0.4 is 10.2 Å². The van der Waals surface area contributed by atoms with Crippen LogP contribution in [0.15, 0.2) is 60.9 Å². The number of aryl methyl sites for hydroxylation is 1. The van der Waals surface area contributed by atoms with Gasteiger partial charge in [-0.15, -0.1) is 0 Å². The van der Waals surface area contributed by atoms with Crippen molar-refractivity contribution in [3.8, 4) is 0 Å². The van der Waals surface area contributed by atoms with Gasteiger partial charge in [0.25, 0.3) is 5.91 Å². The van der Waals surface area contributed by atoms with Gasteiger partial charge in [0, 0.05) is 29.5 Å². The number of nitrogens with zero attached hydrogens (tertiary/aromatic N) is 3. The first kappa shape index (κ1) is 17.9. The number of rotatable bonds is 4. The van der Waals surface area contributed by atoms with Crippen molar-refractivity contribution >= 4 is 28.9 Å². The number of para-hydroxylation sites is 1. The van der Waals surface area contributed by atoms with Crippen LogP contribution in [0.3, 0.4) is 0 Å². The quantitative estimate of drug-likeness (QED) is 0.700. The van der Waals surface area contributed by atoms with Gasteiger partial charge < -0.3 is 10.2 Å². The number of carbonyl (C=O) groups is 2. The summed E-state index contributed by atoms with van der Waals surface area (Å²) in [6.45, 7) is 2.34. The van der Waals surface area contributed by atoms with Gasteiger partial charge in [-0.25, -0.2) is 9.97 Å². The van der Waals surface area contributed by atoms with Crippen LogP contribution in [0.2, 0.25) is 0 Å². The smallest absolute Gasteiger partial charge is 0.274 e. The van der Waals surface area contributed by atoms with Crippen molar-refractivity contribution in [1.29, 1.82) is 0 Å². The zero-order chi connectivity index (χ0) is 19.5. The molecule has 0 fully saturated rings. The van der Waals surface area contributed by atoms with E-state index in [1.54, 1.807) is 30.3 Å².